The number of rotatable bonds is 2. The van der Waals surface area contributed by atoms with Crippen molar-refractivity contribution in [3.8, 4) is 0 Å². The lowest BCUT2D eigenvalue weighted by Crippen LogP contribution is -2.40. The van der Waals surface area contributed by atoms with Crippen LogP contribution < -0.4 is 0 Å². The van der Waals surface area contributed by atoms with Crippen molar-refractivity contribution in [2.24, 2.45) is 5.92 Å². The molecule has 1 N–H and O–H groups in total. The molecule has 0 spiro atoms. The Morgan fingerprint density at radius 3 is 2.33 bits per heavy atom. The van der Waals surface area contributed by atoms with Crippen LogP contribution in [0.4, 0.5) is 0 Å². The SMILES string of the molecule is CC(=N)N1CCC(C(=O)ON(C)C)CC1. The van der Waals surface area contributed by atoms with Crippen molar-refractivity contribution < 1.29 is 9.63 Å². The van der Waals surface area contributed by atoms with Gasteiger partial charge in [0.1, 0.15) is 0 Å². The molecule has 1 fully saturated rings. The van der Waals surface area contributed by atoms with Crippen molar-refractivity contribution in [3.63, 3.8) is 0 Å². The predicted octanol–water partition coefficient (Wildman–Crippen LogP) is 0.715. The Morgan fingerprint density at radius 1 is 1.40 bits per heavy atom. The zero-order valence-corrected chi connectivity index (χ0v) is 9.62. The number of amidine groups is 1. The first-order chi connectivity index (χ1) is 7.00. The zero-order valence-electron chi connectivity index (χ0n) is 9.62. The van der Waals surface area contributed by atoms with E-state index in [0.29, 0.717) is 5.84 Å². The fourth-order valence-electron chi connectivity index (χ4n) is 1.71. The summed E-state index contributed by atoms with van der Waals surface area (Å²) in [6.07, 6.45) is 1.56. The van der Waals surface area contributed by atoms with Crippen molar-refractivity contribution in [2.45, 2.75) is 19.8 Å². The molecule has 0 atom stereocenters. The zero-order chi connectivity index (χ0) is 11.4. The molecule has 1 aliphatic heterocycles. The van der Waals surface area contributed by atoms with E-state index in [4.69, 9.17) is 10.2 Å². The van der Waals surface area contributed by atoms with Crippen LogP contribution in [0.15, 0.2) is 0 Å². The molecule has 1 saturated heterocycles. The van der Waals surface area contributed by atoms with E-state index >= 15 is 0 Å². The topological polar surface area (TPSA) is 56.6 Å². The van der Waals surface area contributed by atoms with Crippen LogP contribution in [-0.4, -0.2) is 49.0 Å². The second kappa shape index (κ2) is 5.11. The Kier molecular flexibility index (Phi) is 4.08. The highest BCUT2D eigenvalue weighted by atomic mass is 16.7. The summed E-state index contributed by atoms with van der Waals surface area (Å²) in [7, 11) is 3.41. The molecule has 0 aromatic rings. The monoisotopic (exact) mass is 213 g/mol. The lowest BCUT2D eigenvalue weighted by atomic mass is 9.97. The normalized spacial score (nSPS) is 18.0. The third-order valence-electron chi connectivity index (χ3n) is 2.58. The van der Waals surface area contributed by atoms with Gasteiger partial charge >= 0.3 is 5.97 Å². The van der Waals surface area contributed by atoms with Crippen molar-refractivity contribution in [3.05, 3.63) is 0 Å². The van der Waals surface area contributed by atoms with Gasteiger partial charge in [0.25, 0.3) is 0 Å². The molecule has 0 radical (unpaired) electrons. The summed E-state index contributed by atoms with van der Waals surface area (Å²) < 4.78 is 0. The van der Waals surface area contributed by atoms with Crippen molar-refractivity contribution in [1.29, 1.82) is 5.41 Å². The smallest absolute Gasteiger partial charge is 0.328 e. The van der Waals surface area contributed by atoms with Gasteiger partial charge in [-0.25, -0.2) is 0 Å². The average Bonchev–Trinajstić information content (AvgIpc) is 2.17. The number of carbonyl (C=O) groups excluding carboxylic acids is 1. The van der Waals surface area contributed by atoms with Gasteiger partial charge < -0.3 is 9.74 Å². The molecular formula is C10H19N3O2. The van der Waals surface area contributed by atoms with Crippen molar-refractivity contribution >= 4 is 11.8 Å². The Labute approximate surface area is 90.5 Å². The van der Waals surface area contributed by atoms with Crippen LogP contribution in [0.25, 0.3) is 0 Å². The Morgan fingerprint density at radius 2 is 1.93 bits per heavy atom. The van der Waals surface area contributed by atoms with Gasteiger partial charge in [-0.15, -0.1) is 5.06 Å². The molecule has 0 aromatic carbocycles. The molecule has 5 heteroatoms. The lowest BCUT2D eigenvalue weighted by Gasteiger charge is -2.31. The Hall–Kier alpha value is -1.10. The second-order valence-electron chi connectivity index (χ2n) is 4.07. The van der Waals surface area contributed by atoms with E-state index < -0.39 is 0 Å². The molecule has 1 rings (SSSR count). The third kappa shape index (κ3) is 3.51. The van der Waals surface area contributed by atoms with E-state index in [1.807, 2.05) is 4.90 Å². The summed E-state index contributed by atoms with van der Waals surface area (Å²) in [5, 5.41) is 8.90. The van der Waals surface area contributed by atoms with E-state index in [1.54, 1.807) is 21.0 Å². The van der Waals surface area contributed by atoms with E-state index in [9.17, 15) is 4.79 Å². The third-order valence-corrected chi connectivity index (χ3v) is 2.58. The van der Waals surface area contributed by atoms with Gasteiger partial charge in [0.15, 0.2) is 0 Å². The highest BCUT2D eigenvalue weighted by Crippen LogP contribution is 2.18. The molecule has 0 aliphatic carbocycles. The Balaban J connectivity index is 2.37. The van der Waals surface area contributed by atoms with Crippen LogP contribution >= 0.6 is 0 Å². The van der Waals surface area contributed by atoms with Crippen LogP contribution in [0.1, 0.15) is 19.8 Å². The number of carbonyl (C=O) groups is 1. The summed E-state index contributed by atoms with van der Waals surface area (Å²) in [4.78, 5) is 18.5. The molecule has 1 aliphatic rings. The van der Waals surface area contributed by atoms with Gasteiger partial charge in [0.2, 0.25) is 0 Å². The highest BCUT2D eigenvalue weighted by Gasteiger charge is 2.26. The van der Waals surface area contributed by atoms with Crippen LogP contribution in [-0.2, 0) is 9.63 Å². The van der Waals surface area contributed by atoms with Crippen LogP contribution in [0.2, 0.25) is 0 Å². The van der Waals surface area contributed by atoms with Crippen molar-refractivity contribution in [2.75, 3.05) is 27.2 Å². The molecule has 86 valence electrons. The molecule has 0 aromatic heterocycles. The number of hydrogen-bond acceptors (Lipinski definition) is 4. The molecule has 0 amide bonds. The minimum absolute atomic E-state index is 0.0111. The summed E-state index contributed by atoms with van der Waals surface area (Å²) in [5.41, 5.74) is 0. The van der Waals surface area contributed by atoms with Gasteiger partial charge in [0.05, 0.1) is 11.8 Å². The Bertz CT molecular complexity index is 245. The maximum atomic E-state index is 11.5. The number of likely N-dealkylation sites (tertiary alicyclic amines) is 1. The number of nitrogens with one attached hydrogen (secondary N) is 1. The maximum Gasteiger partial charge on any atom is 0.328 e. The van der Waals surface area contributed by atoms with E-state index in [0.717, 1.165) is 25.9 Å². The van der Waals surface area contributed by atoms with Gasteiger partial charge in [-0.2, -0.15) is 0 Å². The van der Waals surface area contributed by atoms with E-state index in [-0.39, 0.29) is 11.9 Å². The highest BCUT2D eigenvalue weighted by molar-refractivity contribution is 5.77. The van der Waals surface area contributed by atoms with Crippen LogP contribution in [0, 0.1) is 11.3 Å². The quantitative estimate of drug-likeness (QED) is 0.417. The largest absolute Gasteiger partial charge is 0.368 e. The summed E-state index contributed by atoms with van der Waals surface area (Å²) >= 11 is 0. The average molecular weight is 213 g/mol. The number of hydroxylamine groups is 2. The summed E-state index contributed by atoms with van der Waals surface area (Å²) in [5.74, 6) is 0.416. The van der Waals surface area contributed by atoms with E-state index in [1.165, 1.54) is 5.06 Å². The summed E-state index contributed by atoms with van der Waals surface area (Å²) in [6.45, 7) is 3.34. The minimum Gasteiger partial charge on any atom is -0.368 e. The molecular weight excluding hydrogens is 194 g/mol. The molecule has 0 unspecified atom stereocenters. The fraction of sp³-hybridized carbons (Fsp3) is 0.800. The molecule has 1 heterocycles. The number of piperidine rings is 1. The van der Waals surface area contributed by atoms with Crippen LogP contribution in [0.3, 0.4) is 0 Å². The van der Waals surface area contributed by atoms with E-state index in [2.05, 4.69) is 0 Å². The van der Waals surface area contributed by atoms with Gasteiger partial charge in [-0.1, -0.05) is 0 Å². The summed E-state index contributed by atoms with van der Waals surface area (Å²) in [6, 6.07) is 0. The lowest BCUT2D eigenvalue weighted by molar-refractivity contribution is -0.184. The first-order valence-electron chi connectivity index (χ1n) is 5.20. The van der Waals surface area contributed by atoms with Gasteiger partial charge in [-0.3, -0.25) is 10.2 Å². The number of hydrogen-bond donors (Lipinski definition) is 1. The molecule has 15 heavy (non-hydrogen) atoms. The predicted molar refractivity (Wildman–Crippen MR) is 57.5 cm³/mol. The van der Waals surface area contributed by atoms with Gasteiger partial charge in [0, 0.05) is 27.2 Å². The first-order valence-corrected chi connectivity index (χ1v) is 5.20. The molecule has 0 saturated carbocycles. The molecule has 5 nitrogen and oxygen atoms in total. The minimum atomic E-state index is -0.151. The fourth-order valence-corrected chi connectivity index (χ4v) is 1.71. The van der Waals surface area contributed by atoms with Crippen LogP contribution in [0.5, 0.6) is 0 Å². The molecule has 0 bridgehead atoms. The second-order valence-corrected chi connectivity index (χ2v) is 4.07. The maximum absolute atomic E-state index is 11.5. The first kappa shape index (κ1) is 12.0. The standard InChI is InChI=1S/C10H19N3O2/c1-8(11)13-6-4-9(5-7-13)10(14)15-12(2)3/h9,11H,4-7H2,1-3H3. The van der Waals surface area contributed by atoms with Gasteiger partial charge in [-0.05, 0) is 19.8 Å². The van der Waals surface area contributed by atoms with Crippen molar-refractivity contribution in [1.82, 2.24) is 9.96 Å². The number of nitrogens with zero attached hydrogens (tertiary/aromatic N) is 2.